The highest BCUT2D eigenvalue weighted by Crippen LogP contribution is 2.28. The van der Waals surface area contributed by atoms with Crippen LogP contribution in [0.1, 0.15) is 38.3 Å². The van der Waals surface area contributed by atoms with E-state index in [1.807, 2.05) is 32.0 Å². The van der Waals surface area contributed by atoms with Gasteiger partial charge in [-0.1, -0.05) is 12.1 Å². The summed E-state index contributed by atoms with van der Waals surface area (Å²) in [5.74, 6) is -3.81. The fraction of sp³-hybridized carbons (Fsp3) is 0.200. The molecular formula is C20H18N2O6. The highest BCUT2D eigenvalue weighted by molar-refractivity contribution is 6.23. The summed E-state index contributed by atoms with van der Waals surface area (Å²) in [7, 11) is 0. The van der Waals surface area contributed by atoms with Crippen LogP contribution in [-0.2, 0) is 9.59 Å². The second-order valence-corrected chi connectivity index (χ2v) is 6.67. The van der Waals surface area contributed by atoms with Gasteiger partial charge in [0.25, 0.3) is 5.91 Å². The first-order valence-electron chi connectivity index (χ1n) is 8.49. The molecule has 1 fully saturated rings. The number of benzene rings is 2. The third-order valence-electron chi connectivity index (χ3n) is 4.54. The number of nitrogens with zero attached hydrogens (tertiary/aromatic N) is 1. The van der Waals surface area contributed by atoms with Gasteiger partial charge in [-0.25, -0.2) is 14.5 Å². The molecule has 2 aromatic carbocycles. The fourth-order valence-electron chi connectivity index (χ4n) is 3.08. The molecular weight excluding hydrogens is 364 g/mol. The van der Waals surface area contributed by atoms with Crippen LogP contribution in [0.5, 0.6) is 0 Å². The first kappa shape index (κ1) is 19.1. The quantitative estimate of drug-likeness (QED) is 0.679. The molecule has 3 N–H and O–H groups in total. The number of aromatic carboxylic acids is 2. The van der Waals surface area contributed by atoms with E-state index in [1.54, 1.807) is 0 Å². The molecule has 0 saturated carbocycles. The first-order valence-corrected chi connectivity index (χ1v) is 8.49. The van der Waals surface area contributed by atoms with E-state index in [-0.39, 0.29) is 23.2 Å². The molecule has 0 radical (unpaired) electrons. The van der Waals surface area contributed by atoms with Crippen LogP contribution in [0, 0.1) is 13.8 Å². The minimum Gasteiger partial charge on any atom is -0.478 e. The lowest BCUT2D eigenvalue weighted by Gasteiger charge is -2.18. The fourth-order valence-corrected chi connectivity index (χ4v) is 3.08. The van der Waals surface area contributed by atoms with Crippen molar-refractivity contribution in [1.82, 2.24) is 0 Å². The van der Waals surface area contributed by atoms with Crippen molar-refractivity contribution < 1.29 is 29.4 Å². The average Bonchev–Trinajstić information content (AvgIpc) is 2.91. The van der Waals surface area contributed by atoms with Gasteiger partial charge in [0.1, 0.15) is 6.04 Å². The minimum absolute atomic E-state index is 0.0717. The maximum absolute atomic E-state index is 12.8. The van der Waals surface area contributed by atoms with Crippen molar-refractivity contribution in [1.29, 1.82) is 0 Å². The monoisotopic (exact) mass is 382 g/mol. The lowest BCUT2D eigenvalue weighted by molar-refractivity contribution is -0.121. The summed E-state index contributed by atoms with van der Waals surface area (Å²) in [4.78, 5) is 48.7. The molecule has 1 aliphatic heterocycles. The van der Waals surface area contributed by atoms with Gasteiger partial charge < -0.3 is 15.5 Å². The predicted molar refractivity (Wildman–Crippen MR) is 101 cm³/mol. The molecule has 3 rings (SSSR count). The van der Waals surface area contributed by atoms with Gasteiger partial charge >= 0.3 is 11.9 Å². The van der Waals surface area contributed by atoms with Crippen LogP contribution < -0.4 is 10.2 Å². The average molecular weight is 382 g/mol. The van der Waals surface area contributed by atoms with E-state index in [1.165, 1.54) is 0 Å². The molecule has 8 heteroatoms. The van der Waals surface area contributed by atoms with Crippen molar-refractivity contribution in [2.24, 2.45) is 0 Å². The van der Waals surface area contributed by atoms with Crippen LogP contribution in [0.4, 0.5) is 11.4 Å². The largest absolute Gasteiger partial charge is 0.478 e. The summed E-state index contributed by atoms with van der Waals surface area (Å²) in [6.07, 6.45) is -0.119. The van der Waals surface area contributed by atoms with Crippen molar-refractivity contribution >= 4 is 35.1 Å². The Balaban J connectivity index is 1.95. The van der Waals surface area contributed by atoms with E-state index in [0.717, 1.165) is 39.9 Å². The summed E-state index contributed by atoms with van der Waals surface area (Å²) in [6, 6.07) is 8.07. The van der Waals surface area contributed by atoms with Crippen LogP contribution >= 0.6 is 0 Å². The smallest absolute Gasteiger partial charge is 0.335 e. The third-order valence-corrected chi connectivity index (χ3v) is 4.54. The molecule has 2 amide bonds. The molecule has 0 bridgehead atoms. The van der Waals surface area contributed by atoms with Crippen molar-refractivity contribution in [2.75, 3.05) is 10.2 Å². The predicted octanol–water partition coefficient (Wildman–Crippen LogP) is 2.44. The summed E-state index contributed by atoms with van der Waals surface area (Å²) in [5.41, 5.74) is 1.91. The van der Waals surface area contributed by atoms with Crippen molar-refractivity contribution in [3.05, 3.63) is 58.7 Å². The van der Waals surface area contributed by atoms with Gasteiger partial charge in [-0.3, -0.25) is 9.59 Å². The molecule has 1 atom stereocenters. The molecule has 1 saturated heterocycles. The zero-order valence-electron chi connectivity index (χ0n) is 15.2. The molecule has 2 aromatic rings. The number of rotatable bonds is 5. The van der Waals surface area contributed by atoms with Crippen LogP contribution in [0.2, 0.25) is 0 Å². The number of carboxylic acid groups (broad SMARTS) is 2. The van der Waals surface area contributed by atoms with Gasteiger partial charge in [0.05, 0.1) is 23.2 Å². The number of carbonyl (C=O) groups excluding carboxylic acids is 2. The standard InChI is InChI=1S/C20H18N2O6/c1-10-3-4-11(2)15(5-10)21-16-9-17(23)22(18(16)24)14-7-12(19(25)26)6-13(8-14)20(27)28/h3-8,16,21H,9H2,1-2H3,(H,25,26)(H,27,28). The second kappa shape index (κ2) is 7.15. The highest BCUT2D eigenvalue weighted by Gasteiger charge is 2.40. The van der Waals surface area contributed by atoms with Gasteiger partial charge in [-0.2, -0.15) is 0 Å². The molecule has 1 heterocycles. The normalized spacial score (nSPS) is 16.4. The van der Waals surface area contributed by atoms with Gasteiger partial charge in [0.15, 0.2) is 0 Å². The zero-order valence-corrected chi connectivity index (χ0v) is 15.2. The maximum atomic E-state index is 12.8. The summed E-state index contributed by atoms with van der Waals surface area (Å²) in [5, 5.41) is 21.5. The Bertz CT molecular complexity index is 982. The van der Waals surface area contributed by atoms with Gasteiger partial charge in [0, 0.05) is 5.69 Å². The number of amides is 2. The molecule has 1 unspecified atom stereocenters. The number of carbonyl (C=O) groups is 4. The van der Waals surface area contributed by atoms with Gasteiger partial charge in [0.2, 0.25) is 5.91 Å². The zero-order chi connectivity index (χ0) is 20.6. The lowest BCUT2D eigenvalue weighted by Crippen LogP contribution is -2.35. The Hall–Kier alpha value is -3.68. The minimum atomic E-state index is -1.35. The topological polar surface area (TPSA) is 124 Å². The molecule has 8 nitrogen and oxygen atoms in total. The highest BCUT2D eigenvalue weighted by atomic mass is 16.4. The molecule has 0 aromatic heterocycles. The molecule has 1 aliphatic rings. The summed E-state index contributed by atoms with van der Waals surface area (Å²) < 4.78 is 0. The van der Waals surface area contributed by atoms with Crippen LogP contribution in [0.3, 0.4) is 0 Å². The van der Waals surface area contributed by atoms with Crippen molar-refractivity contribution in [2.45, 2.75) is 26.3 Å². The van der Waals surface area contributed by atoms with E-state index in [2.05, 4.69) is 5.32 Å². The van der Waals surface area contributed by atoms with Gasteiger partial charge in [-0.05, 0) is 49.2 Å². The van der Waals surface area contributed by atoms with E-state index in [4.69, 9.17) is 0 Å². The Labute approximate surface area is 160 Å². The maximum Gasteiger partial charge on any atom is 0.335 e. The van der Waals surface area contributed by atoms with E-state index < -0.39 is 29.8 Å². The summed E-state index contributed by atoms with van der Waals surface area (Å²) >= 11 is 0. The SMILES string of the molecule is Cc1ccc(C)c(NC2CC(=O)N(c3cc(C(=O)O)cc(C(=O)O)c3)C2=O)c1. The number of anilines is 2. The van der Waals surface area contributed by atoms with Crippen LogP contribution in [0.15, 0.2) is 36.4 Å². The number of hydrogen-bond acceptors (Lipinski definition) is 5. The Morgan fingerprint density at radius 2 is 1.61 bits per heavy atom. The molecule has 144 valence electrons. The Morgan fingerprint density at radius 1 is 1.00 bits per heavy atom. The first-order chi connectivity index (χ1) is 13.2. The van der Waals surface area contributed by atoms with Gasteiger partial charge in [-0.15, -0.1) is 0 Å². The number of hydrogen-bond donors (Lipinski definition) is 3. The number of carboxylic acids is 2. The van der Waals surface area contributed by atoms with Crippen molar-refractivity contribution in [3.63, 3.8) is 0 Å². The molecule has 28 heavy (non-hydrogen) atoms. The van der Waals surface area contributed by atoms with Crippen molar-refractivity contribution in [3.8, 4) is 0 Å². The van der Waals surface area contributed by atoms with E-state index in [0.29, 0.717) is 0 Å². The summed E-state index contributed by atoms with van der Waals surface area (Å²) in [6.45, 7) is 3.78. The lowest BCUT2D eigenvalue weighted by atomic mass is 10.1. The number of nitrogens with one attached hydrogen (secondary N) is 1. The molecule has 0 aliphatic carbocycles. The molecule has 0 spiro atoms. The Kier molecular flexibility index (Phi) is 4.87. The van der Waals surface area contributed by atoms with E-state index >= 15 is 0 Å². The van der Waals surface area contributed by atoms with Crippen LogP contribution in [-0.4, -0.2) is 40.0 Å². The van der Waals surface area contributed by atoms with Crippen LogP contribution in [0.25, 0.3) is 0 Å². The number of aryl methyl sites for hydroxylation is 2. The second-order valence-electron chi connectivity index (χ2n) is 6.67. The Morgan fingerprint density at radius 3 is 2.18 bits per heavy atom. The number of imide groups is 1. The van der Waals surface area contributed by atoms with E-state index in [9.17, 15) is 29.4 Å². The third kappa shape index (κ3) is 3.57.